The van der Waals surface area contributed by atoms with Crippen molar-refractivity contribution in [3.63, 3.8) is 0 Å². The molecule has 0 aliphatic rings. The van der Waals surface area contributed by atoms with E-state index in [2.05, 4.69) is 74.2 Å². The van der Waals surface area contributed by atoms with E-state index >= 15 is 0 Å². The van der Waals surface area contributed by atoms with E-state index in [-0.39, 0.29) is 5.57 Å². The van der Waals surface area contributed by atoms with Gasteiger partial charge in [0.2, 0.25) is 0 Å². The standard InChI is InChI=1S/C28H20BrIN2O3/c1-34-24-10-8-23(9-11-24)32-28(33)22(16-31)13-19-14-25(29)27(26(30)15-19)35-17-18-6-7-20-4-2-3-5-21(20)12-18/h2-15H,17H2,1H3,(H,32,33)/b22-13-. The van der Waals surface area contributed by atoms with Gasteiger partial charge in [-0.2, -0.15) is 5.26 Å². The number of nitriles is 1. The molecular formula is C28H20BrIN2O3. The van der Waals surface area contributed by atoms with Crippen LogP contribution in [0.1, 0.15) is 11.1 Å². The highest BCUT2D eigenvalue weighted by Crippen LogP contribution is 2.33. The summed E-state index contributed by atoms with van der Waals surface area (Å²) >= 11 is 5.76. The molecule has 1 N–H and O–H groups in total. The van der Waals surface area contributed by atoms with Crippen LogP contribution in [0.5, 0.6) is 11.5 Å². The van der Waals surface area contributed by atoms with E-state index in [1.807, 2.05) is 30.3 Å². The number of carbonyl (C=O) groups is 1. The molecule has 1 amide bonds. The van der Waals surface area contributed by atoms with Crippen LogP contribution in [0, 0.1) is 14.9 Å². The highest BCUT2D eigenvalue weighted by atomic mass is 127. The molecule has 0 atom stereocenters. The molecule has 0 aliphatic heterocycles. The van der Waals surface area contributed by atoms with Gasteiger partial charge in [0.1, 0.15) is 29.7 Å². The molecule has 174 valence electrons. The number of hydrogen-bond donors (Lipinski definition) is 1. The van der Waals surface area contributed by atoms with Crippen LogP contribution in [0.2, 0.25) is 0 Å². The summed E-state index contributed by atoms with van der Waals surface area (Å²) in [5, 5.41) is 14.6. The van der Waals surface area contributed by atoms with Gasteiger partial charge in [-0.1, -0.05) is 36.4 Å². The summed E-state index contributed by atoms with van der Waals surface area (Å²) in [6.45, 7) is 0.419. The summed E-state index contributed by atoms with van der Waals surface area (Å²) in [6, 6.07) is 27.1. The van der Waals surface area contributed by atoms with Crippen LogP contribution >= 0.6 is 38.5 Å². The van der Waals surface area contributed by atoms with Gasteiger partial charge in [0.05, 0.1) is 15.2 Å². The van der Waals surface area contributed by atoms with Crippen molar-refractivity contribution in [1.82, 2.24) is 0 Å². The number of fused-ring (bicyclic) bond motifs is 1. The Balaban J connectivity index is 1.48. The number of nitrogens with one attached hydrogen (secondary N) is 1. The van der Waals surface area contributed by atoms with Crippen molar-refractivity contribution in [3.8, 4) is 17.6 Å². The largest absolute Gasteiger partial charge is 0.497 e. The van der Waals surface area contributed by atoms with Crippen molar-refractivity contribution in [3.05, 3.63) is 104 Å². The van der Waals surface area contributed by atoms with Gasteiger partial charge in [0.15, 0.2) is 0 Å². The smallest absolute Gasteiger partial charge is 0.266 e. The van der Waals surface area contributed by atoms with Gasteiger partial charge in [0, 0.05) is 5.69 Å². The van der Waals surface area contributed by atoms with Crippen molar-refractivity contribution < 1.29 is 14.3 Å². The van der Waals surface area contributed by atoms with Crippen LogP contribution in [0.15, 0.2) is 88.9 Å². The first kappa shape index (κ1) is 24.8. The fourth-order valence-electron chi connectivity index (χ4n) is 3.47. The molecule has 0 aliphatic carbocycles. The number of benzene rings is 4. The van der Waals surface area contributed by atoms with E-state index < -0.39 is 5.91 Å². The molecule has 0 heterocycles. The quantitative estimate of drug-likeness (QED) is 0.131. The Morgan fingerprint density at radius 2 is 1.80 bits per heavy atom. The Labute approximate surface area is 225 Å². The normalized spacial score (nSPS) is 11.1. The van der Waals surface area contributed by atoms with E-state index in [0.717, 1.165) is 13.6 Å². The summed E-state index contributed by atoms with van der Waals surface area (Å²) in [4.78, 5) is 12.6. The van der Waals surface area contributed by atoms with Crippen molar-refractivity contribution in [2.45, 2.75) is 6.61 Å². The van der Waals surface area contributed by atoms with Gasteiger partial charge < -0.3 is 14.8 Å². The minimum absolute atomic E-state index is 0.00616. The van der Waals surface area contributed by atoms with Gasteiger partial charge in [0.25, 0.3) is 5.91 Å². The summed E-state index contributed by atoms with van der Waals surface area (Å²) in [7, 11) is 1.57. The first-order valence-electron chi connectivity index (χ1n) is 10.6. The lowest BCUT2D eigenvalue weighted by Crippen LogP contribution is -2.13. The first-order chi connectivity index (χ1) is 17.0. The monoisotopic (exact) mass is 638 g/mol. The molecule has 0 bridgehead atoms. The van der Waals surface area contributed by atoms with Crippen LogP contribution in [0.3, 0.4) is 0 Å². The topological polar surface area (TPSA) is 71.3 Å². The number of amides is 1. The highest BCUT2D eigenvalue weighted by molar-refractivity contribution is 14.1. The third kappa shape index (κ3) is 6.21. The molecule has 7 heteroatoms. The second-order valence-electron chi connectivity index (χ2n) is 7.64. The van der Waals surface area contributed by atoms with E-state index in [4.69, 9.17) is 9.47 Å². The Morgan fingerprint density at radius 3 is 2.49 bits per heavy atom. The first-order valence-corrected chi connectivity index (χ1v) is 12.5. The lowest BCUT2D eigenvalue weighted by atomic mass is 10.1. The zero-order chi connectivity index (χ0) is 24.8. The molecule has 0 unspecified atom stereocenters. The summed E-state index contributed by atoms with van der Waals surface area (Å²) in [5.41, 5.74) is 2.34. The van der Waals surface area contributed by atoms with Crippen LogP contribution < -0.4 is 14.8 Å². The number of carbonyl (C=O) groups excluding carboxylic acids is 1. The predicted octanol–water partition coefficient (Wildman–Crippen LogP) is 7.34. The molecular weight excluding hydrogens is 619 g/mol. The molecule has 4 rings (SSSR count). The Morgan fingerprint density at radius 1 is 1.06 bits per heavy atom. The Bertz CT molecular complexity index is 1440. The van der Waals surface area contributed by atoms with Gasteiger partial charge in [-0.25, -0.2) is 0 Å². The minimum atomic E-state index is -0.486. The lowest BCUT2D eigenvalue weighted by molar-refractivity contribution is -0.112. The third-order valence-electron chi connectivity index (χ3n) is 5.24. The van der Waals surface area contributed by atoms with E-state index in [1.54, 1.807) is 37.5 Å². The second kappa shape index (κ2) is 11.4. The SMILES string of the molecule is COc1ccc(NC(=O)/C(C#N)=C\c2cc(Br)c(OCc3ccc4ccccc4c3)c(I)c2)cc1. The predicted molar refractivity (Wildman–Crippen MR) is 150 cm³/mol. The molecule has 35 heavy (non-hydrogen) atoms. The Kier molecular flexibility index (Phi) is 8.06. The van der Waals surface area contributed by atoms with Crippen molar-refractivity contribution in [2.24, 2.45) is 0 Å². The van der Waals surface area contributed by atoms with E-state index in [1.165, 1.54) is 10.8 Å². The molecule has 4 aromatic rings. The van der Waals surface area contributed by atoms with E-state index in [9.17, 15) is 10.1 Å². The number of ether oxygens (including phenoxy) is 2. The van der Waals surface area contributed by atoms with Crippen molar-refractivity contribution >= 4 is 67.0 Å². The zero-order valence-corrected chi connectivity index (χ0v) is 22.5. The molecule has 4 aromatic carbocycles. The van der Waals surface area contributed by atoms with Crippen LogP contribution in [-0.4, -0.2) is 13.0 Å². The number of hydrogen-bond acceptors (Lipinski definition) is 4. The van der Waals surface area contributed by atoms with Gasteiger partial charge in [-0.05, 0) is 109 Å². The van der Waals surface area contributed by atoms with Crippen LogP contribution in [0.4, 0.5) is 5.69 Å². The molecule has 0 fully saturated rings. The molecule has 0 saturated heterocycles. The van der Waals surface area contributed by atoms with Crippen molar-refractivity contribution in [2.75, 3.05) is 12.4 Å². The lowest BCUT2D eigenvalue weighted by Gasteiger charge is -2.12. The summed E-state index contributed by atoms with van der Waals surface area (Å²) in [5.74, 6) is 0.902. The van der Waals surface area contributed by atoms with Gasteiger partial charge in [-0.15, -0.1) is 0 Å². The molecule has 0 saturated carbocycles. The van der Waals surface area contributed by atoms with Crippen LogP contribution in [-0.2, 0) is 11.4 Å². The fraction of sp³-hybridized carbons (Fsp3) is 0.0714. The second-order valence-corrected chi connectivity index (χ2v) is 9.65. The summed E-state index contributed by atoms with van der Waals surface area (Å²) < 4.78 is 12.8. The number of methoxy groups -OCH3 is 1. The number of halogens is 2. The Hall–Kier alpha value is -3.35. The third-order valence-corrected chi connectivity index (χ3v) is 6.63. The zero-order valence-electron chi connectivity index (χ0n) is 18.7. The minimum Gasteiger partial charge on any atom is -0.497 e. The number of rotatable bonds is 7. The maximum Gasteiger partial charge on any atom is 0.266 e. The molecule has 0 radical (unpaired) electrons. The maximum absolute atomic E-state index is 12.6. The molecule has 0 spiro atoms. The number of nitrogens with zero attached hydrogens (tertiary/aromatic N) is 1. The highest BCUT2D eigenvalue weighted by Gasteiger charge is 2.13. The number of anilines is 1. The van der Waals surface area contributed by atoms with Gasteiger partial charge >= 0.3 is 0 Å². The maximum atomic E-state index is 12.6. The molecule has 0 aromatic heterocycles. The van der Waals surface area contributed by atoms with E-state index in [0.29, 0.717) is 29.4 Å². The average molecular weight is 639 g/mol. The van der Waals surface area contributed by atoms with Gasteiger partial charge in [-0.3, -0.25) is 4.79 Å². The van der Waals surface area contributed by atoms with Crippen LogP contribution in [0.25, 0.3) is 16.8 Å². The average Bonchev–Trinajstić information content (AvgIpc) is 2.87. The fourth-order valence-corrected chi connectivity index (χ4v) is 5.24. The molecule has 5 nitrogen and oxygen atoms in total. The van der Waals surface area contributed by atoms with Crippen molar-refractivity contribution in [1.29, 1.82) is 5.26 Å². The summed E-state index contributed by atoms with van der Waals surface area (Å²) in [6.07, 6.45) is 1.55.